The van der Waals surface area contributed by atoms with Crippen LogP contribution in [0.1, 0.15) is 36.5 Å². The van der Waals surface area contributed by atoms with Crippen molar-refractivity contribution in [1.29, 1.82) is 0 Å². The average Bonchev–Trinajstić information content (AvgIpc) is 3.15. The Kier molecular flexibility index (Phi) is 6.25. The van der Waals surface area contributed by atoms with E-state index in [1.54, 1.807) is 12.1 Å². The molecule has 3 atom stereocenters. The minimum Gasteiger partial charge on any atom is -0.489 e. The normalized spacial score (nSPS) is 23.4. The molecule has 0 spiro atoms. The van der Waals surface area contributed by atoms with Gasteiger partial charge in [-0.1, -0.05) is 24.3 Å². The summed E-state index contributed by atoms with van der Waals surface area (Å²) in [5.41, 5.74) is 2.64. The second-order valence-electron chi connectivity index (χ2n) is 7.81. The minimum atomic E-state index is -0.515. The number of aliphatic hydroxyl groups excluding tert-OH is 1. The first kappa shape index (κ1) is 19.4. The van der Waals surface area contributed by atoms with Crippen LogP contribution in [0.15, 0.2) is 48.5 Å². The average molecular weight is 385 g/mol. The van der Waals surface area contributed by atoms with Gasteiger partial charge in [0.1, 0.15) is 17.7 Å². The predicted molar refractivity (Wildman–Crippen MR) is 106 cm³/mol. The number of ether oxygens (including phenoxy) is 2. The summed E-state index contributed by atoms with van der Waals surface area (Å²) in [7, 11) is 0. The Hall–Kier alpha value is -1.95. The molecule has 2 aromatic carbocycles. The van der Waals surface area contributed by atoms with E-state index in [1.165, 1.54) is 23.3 Å². The molecule has 4 nitrogen and oxygen atoms in total. The highest BCUT2D eigenvalue weighted by atomic mass is 19.1. The smallest absolute Gasteiger partial charge is 0.123 e. The van der Waals surface area contributed by atoms with Crippen molar-refractivity contribution in [2.45, 2.75) is 44.0 Å². The first-order valence-corrected chi connectivity index (χ1v) is 10.2. The van der Waals surface area contributed by atoms with Crippen molar-refractivity contribution in [2.24, 2.45) is 0 Å². The summed E-state index contributed by atoms with van der Waals surface area (Å²) in [5.74, 6) is 0.428. The number of fused-ring (bicyclic) bond motifs is 1. The standard InChI is InChI=1S/C23H28FNO3/c24-18-8-10-20(11-9-18)28-21-12-13-25(15-21)14-19(26)16-27-23-7-3-5-17-4-1-2-6-22(17)23/h1-2,4,6,8-11,19,21,23,26H,3,5,7,12-16H2/t19?,21-,23+/m0/s1. The van der Waals surface area contributed by atoms with Crippen molar-refractivity contribution in [3.8, 4) is 5.75 Å². The Labute approximate surface area is 165 Å². The molecule has 1 heterocycles. The molecule has 0 aromatic heterocycles. The van der Waals surface area contributed by atoms with Crippen molar-refractivity contribution >= 4 is 0 Å². The summed E-state index contributed by atoms with van der Waals surface area (Å²) in [6, 6.07) is 14.6. The number of benzene rings is 2. The SMILES string of the molecule is OC(CO[C@@H]1CCCc2ccccc21)CN1CC[C@H](Oc2ccc(F)cc2)C1. The minimum absolute atomic E-state index is 0.0730. The molecule has 0 bridgehead atoms. The van der Waals surface area contributed by atoms with Crippen LogP contribution in [-0.4, -0.2) is 48.5 Å². The Morgan fingerprint density at radius 3 is 2.79 bits per heavy atom. The molecule has 1 unspecified atom stereocenters. The van der Waals surface area contributed by atoms with Gasteiger partial charge in [-0.05, 0) is 61.1 Å². The van der Waals surface area contributed by atoms with E-state index in [1.807, 2.05) is 0 Å². The van der Waals surface area contributed by atoms with Gasteiger partial charge in [-0.25, -0.2) is 4.39 Å². The highest BCUT2D eigenvalue weighted by molar-refractivity contribution is 5.31. The fourth-order valence-corrected chi connectivity index (χ4v) is 4.23. The number of hydrogen-bond acceptors (Lipinski definition) is 4. The van der Waals surface area contributed by atoms with Crippen LogP contribution in [0.5, 0.6) is 5.75 Å². The molecule has 1 N–H and O–H groups in total. The Morgan fingerprint density at radius 2 is 1.93 bits per heavy atom. The highest BCUT2D eigenvalue weighted by Crippen LogP contribution is 2.32. The molecule has 28 heavy (non-hydrogen) atoms. The van der Waals surface area contributed by atoms with Crippen LogP contribution in [0.4, 0.5) is 4.39 Å². The van der Waals surface area contributed by atoms with Crippen LogP contribution in [0.3, 0.4) is 0 Å². The monoisotopic (exact) mass is 385 g/mol. The van der Waals surface area contributed by atoms with Gasteiger partial charge in [-0.15, -0.1) is 0 Å². The van der Waals surface area contributed by atoms with Crippen LogP contribution in [0.25, 0.3) is 0 Å². The molecule has 1 saturated heterocycles. The van der Waals surface area contributed by atoms with Gasteiger partial charge in [-0.2, -0.15) is 0 Å². The predicted octanol–water partition coefficient (Wildman–Crippen LogP) is 3.73. The quantitative estimate of drug-likeness (QED) is 0.789. The highest BCUT2D eigenvalue weighted by Gasteiger charge is 2.27. The number of nitrogens with zero attached hydrogens (tertiary/aromatic N) is 1. The zero-order valence-corrected chi connectivity index (χ0v) is 16.1. The van der Waals surface area contributed by atoms with E-state index in [-0.39, 0.29) is 18.0 Å². The van der Waals surface area contributed by atoms with Crippen LogP contribution in [-0.2, 0) is 11.2 Å². The third-order valence-electron chi connectivity index (χ3n) is 5.62. The van der Waals surface area contributed by atoms with Crippen LogP contribution < -0.4 is 4.74 Å². The van der Waals surface area contributed by atoms with Crippen molar-refractivity contribution in [2.75, 3.05) is 26.2 Å². The van der Waals surface area contributed by atoms with Gasteiger partial charge >= 0.3 is 0 Å². The zero-order chi connectivity index (χ0) is 19.3. The molecular formula is C23H28FNO3. The molecule has 1 aliphatic heterocycles. The number of likely N-dealkylation sites (tertiary alicyclic amines) is 1. The molecule has 1 fully saturated rings. The molecule has 150 valence electrons. The zero-order valence-electron chi connectivity index (χ0n) is 16.1. The number of aliphatic hydroxyl groups is 1. The number of halogens is 1. The maximum absolute atomic E-state index is 13.0. The molecule has 2 aromatic rings. The van der Waals surface area contributed by atoms with Crippen molar-refractivity contribution in [3.05, 3.63) is 65.5 Å². The van der Waals surface area contributed by atoms with E-state index in [0.717, 1.165) is 38.8 Å². The van der Waals surface area contributed by atoms with E-state index in [9.17, 15) is 9.50 Å². The van der Waals surface area contributed by atoms with Crippen molar-refractivity contribution < 1.29 is 19.0 Å². The van der Waals surface area contributed by atoms with Gasteiger partial charge in [0.15, 0.2) is 0 Å². The fraction of sp³-hybridized carbons (Fsp3) is 0.478. The molecule has 2 aliphatic rings. The number of β-amino-alcohol motifs (C(OH)–C–C–N with tert-alkyl or cyclic N) is 1. The van der Waals surface area contributed by atoms with E-state index < -0.39 is 6.10 Å². The largest absolute Gasteiger partial charge is 0.489 e. The second kappa shape index (κ2) is 9.03. The van der Waals surface area contributed by atoms with Gasteiger partial charge in [0.2, 0.25) is 0 Å². The number of rotatable bonds is 7. The van der Waals surface area contributed by atoms with E-state index >= 15 is 0 Å². The topological polar surface area (TPSA) is 41.9 Å². The Bertz CT molecular complexity index is 767. The summed E-state index contributed by atoms with van der Waals surface area (Å²) in [6.07, 6.45) is 3.81. The van der Waals surface area contributed by atoms with E-state index in [0.29, 0.717) is 18.9 Å². The van der Waals surface area contributed by atoms with Crippen LogP contribution >= 0.6 is 0 Å². The maximum Gasteiger partial charge on any atom is 0.123 e. The molecule has 1 aliphatic carbocycles. The van der Waals surface area contributed by atoms with Gasteiger partial charge in [0, 0.05) is 19.6 Å². The van der Waals surface area contributed by atoms with E-state index in [4.69, 9.17) is 9.47 Å². The summed E-state index contributed by atoms with van der Waals surface area (Å²) < 4.78 is 25.0. The fourth-order valence-electron chi connectivity index (χ4n) is 4.23. The van der Waals surface area contributed by atoms with E-state index in [2.05, 4.69) is 29.2 Å². The summed E-state index contributed by atoms with van der Waals surface area (Å²) >= 11 is 0. The molecule has 5 heteroatoms. The lowest BCUT2D eigenvalue weighted by atomic mass is 9.89. The number of aryl methyl sites for hydroxylation is 1. The summed E-state index contributed by atoms with van der Waals surface area (Å²) in [4.78, 5) is 2.21. The lowest BCUT2D eigenvalue weighted by Gasteiger charge is -2.27. The van der Waals surface area contributed by atoms with Gasteiger partial charge in [0.05, 0.1) is 18.8 Å². The second-order valence-corrected chi connectivity index (χ2v) is 7.81. The van der Waals surface area contributed by atoms with Crippen LogP contribution in [0, 0.1) is 5.82 Å². The first-order valence-electron chi connectivity index (χ1n) is 10.2. The van der Waals surface area contributed by atoms with Gasteiger partial charge in [-0.3, -0.25) is 4.90 Å². The first-order chi connectivity index (χ1) is 13.7. The van der Waals surface area contributed by atoms with Crippen molar-refractivity contribution in [3.63, 3.8) is 0 Å². The molecule has 0 radical (unpaired) electrons. The third kappa shape index (κ3) is 4.90. The van der Waals surface area contributed by atoms with Crippen LogP contribution in [0.2, 0.25) is 0 Å². The maximum atomic E-state index is 13.0. The Morgan fingerprint density at radius 1 is 1.11 bits per heavy atom. The van der Waals surface area contributed by atoms with Gasteiger partial charge in [0.25, 0.3) is 0 Å². The molecular weight excluding hydrogens is 357 g/mol. The molecule has 0 amide bonds. The lowest BCUT2D eigenvalue weighted by Crippen LogP contribution is -2.35. The summed E-state index contributed by atoms with van der Waals surface area (Å²) in [5, 5.41) is 10.4. The third-order valence-corrected chi connectivity index (χ3v) is 5.62. The Balaban J connectivity index is 1.22. The molecule has 0 saturated carbocycles. The molecule has 4 rings (SSSR count). The summed E-state index contributed by atoms with van der Waals surface area (Å²) in [6.45, 7) is 2.58. The number of hydrogen-bond donors (Lipinski definition) is 1. The van der Waals surface area contributed by atoms with Crippen molar-refractivity contribution in [1.82, 2.24) is 4.90 Å². The lowest BCUT2D eigenvalue weighted by molar-refractivity contribution is -0.0268. The van der Waals surface area contributed by atoms with Gasteiger partial charge < -0.3 is 14.6 Å².